The van der Waals surface area contributed by atoms with Crippen molar-refractivity contribution in [3.8, 4) is 0 Å². The fraction of sp³-hybridized carbons (Fsp3) is 0.316. The third-order valence-corrected chi connectivity index (χ3v) is 4.92. The van der Waals surface area contributed by atoms with Gasteiger partial charge in [-0.2, -0.15) is 0 Å². The highest BCUT2D eigenvalue weighted by Gasteiger charge is 2.24. The zero-order chi connectivity index (χ0) is 16.8. The summed E-state index contributed by atoms with van der Waals surface area (Å²) in [5.74, 6) is -0.0683. The molecular weight excluding hydrogens is 368 g/mol. The molecule has 1 unspecified atom stereocenters. The van der Waals surface area contributed by atoms with Gasteiger partial charge in [-0.15, -0.1) is 0 Å². The zero-order valence-electron chi connectivity index (χ0n) is 13.5. The van der Waals surface area contributed by atoms with Crippen LogP contribution in [0.5, 0.6) is 0 Å². The first-order valence-electron chi connectivity index (χ1n) is 8.24. The van der Waals surface area contributed by atoms with E-state index in [9.17, 15) is 4.79 Å². The second kappa shape index (κ2) is 8.42. The SMILES string of the molecule is O=C(NC[C@H]1C[NH+](Cc2ccccc2)CCO1)c1ccccc1Br. The van der Waals surface area contributed by atoms with Crippen molar-refractivity contribution in [3.05, 3.63) is 70.2 Å². The van der Waals surface area contributed by atoms with Crippen LogP contribution in [0, 0.1) is 0 Å². The average molecular weight is 390 g/mol. The van der Waals surface area contributed by atoms with Crippen molar-refractivity contribution < 1.29 is 14.4 Å². The Bertz CT molecular complexity index is 678. The molecule has 1 heterocycles. The summed E-state index contributed by atoms with van der Waals surface area (Å²) in [6, 6.07) is 18.0. The fourth-order valence-electron chi connectivity index (χ4n) is 2.98. The van der Waals surface area contributed by atoms with Crippen LogP contribution in [0.4, 0.5) is 0 Å². The van der Waals surface area contributed by atoms with Gasteiger partial charge in [0, 0.05) is 16.6 Å². The van der Waals surface area contributed by atoms with Crippen LogP contribution < -0.4 is 10.2 Å². The number of morpholine rings is 1. The molecule has 2 aromatic carbocycles. The largest absolute Gasteiger partial charge is 0.365 e. The predicted molar refractivity (Wildman–Crippen MR) is 97.1 cm³/mol. The summed E-state index contributed by atoms with van der Waals surface area (Å²) in [6.07, 6.45) is 0.0592. The summed E-state index contributed by atoms with van der Waals surface area (Å²) in [7, 11) is 0. The maximum Gasteiger partial charge on any atom is 0.252 e. The molecule has 0 radical (unpaired) electrons. The van der Waals surface area contributed by atoms with Crippen LogP contribution in [-0.2, 0) is 11.3 Å². The molecule has 0 saturated carbocycles. The fourth-order valence-corrected chi connectivity index (χ4v) is 3.44. The Hall–Kier alpha value is -1.69. The number of ether oxygens (including phenoxy) is 1. The molecule has 1 fully saturated rings. The molecule has 0 bridgehead atoms. The molecule has 1 aliphatic heterocycles. The molecule has 0 spiro atoms. The Kier molecular flexibility index (Phi) is 6.01. The maximum absolute atomic E-state index is 12.3. The van der Waals surface area contributed by atoms with E-state index in [0.29, 0.717) is 12.1 Å². The normalized spacial score (nSPS) is 20.5. The number of hydrogen-bond donors (Lipinski definition) is 2. The van der Waals surface area contributed by atoms with Crippen LogP contribution in [0.1, 0.15) is 15.9 Å². The van der Waals surface area contributed by atoms with Crippen molar-refractivity contribution in [1.29, 1.82) is 0 Å². The molecule has 1 aliphatic rings. The third kappa shape index (κ3) is 4.66. The Morgan fingerprint density at radius 3 is 2.71 bits per heavy atom. The van der Waals surface area contributed by atoms with Gasteiger partial charge in [0.2, 0.25) is 0 Å². The number of halogens is 1. The number of rotatable bonds is 5. The molecule has 2 aromatic rings. The number of carbonyl (C=O) groups excluding carboxylic acids is 1. The molecule has 2 atom stereocenters. The van der Waals surface area contributed by atoms with Gasteiger partial charge < -0.3 is 15.0 Å². The van der Waals surface area contributed by atoms with Gasteiger partial charge in [0.05, 0.1) is 12.2 Å². The van der Waals surface area contributed by atoms with Crippen molar-refractivity contribution in [1.82, 2.24) is 5.32 Å². The minimum Gasteiger partial charge on any atom is -0.365 e. The van der Waals surface area contributed by atoms with Crippen molar-refractivity contribution in [2.45, 2.75) is 12.6 Å². The number of carbonyl (C=O) groups is 1. The molecular formula is C19H22BrN2O2+. The molecule has 5 heteroatoms. The number of nitrogens with one attached hydrogen (secondary N) is 2. The summed E-state index contributed by atoms with van der Waals surface area (Å²) < 4.78 is 6.62. The summed E-state index contributed by atoms with van der Waals surface area (Å²) in [5, 5.41) is 2.99. The van der Waals surface area contributed by atoms with Gasteiger partial charge >= 0.3 is 0 Å². The van der Waals surface area contributed by atoms with E-state index in [2.05, 4.69) is 45.5 Å². The highest BCUT2D eigenvalue weighted by molar-refractivity contribution is 9.10. The van der Waals surface area contributed by atoms with Crippen LogP contribution in [0.2, 0.25) is 0 Å². The summed E-state index contributed by atoms with van der Waals surface area (Å²) in [6.45, 7) is 4.18. The highest BCUT2D eigenvalue weighted by atomic mass is 79.9. The monoisotopic (exact) mass is 389 g/mol. The van der Waals surface area contributed by atoms with Crippen molar-refractivity contribution in [3.63, 3.8) is 0 Å². The number of quaternary nitrogens is 1. The third-order valence-electron chi connectivity index (χ3n) is 4.23. The average Bonchev–Trinajstić information content (AvgIpc) is 2.61. The van der Waals surface area contributed by atoms with Crippen molar-refractivity contribution in [2.75, 3.05) is 26.2 Å². The van der Waals surface area contributed by atoms with E-state index in [4.69, 9.17) is 4.74 Å². The van der Waals surface area contributed by atoms with Crippen molar-refractivity contribution >= 4 is 21.8 Å². The van der Waals surface area contributed by atoms with Crippen LogP contribution >= 0.6 is 15.9 Å². The van der Waals surface area contributed by atoms with Gasteiger partial charge in [0.25, 0.3) is 5.91 Å². The van der Waals surface area contributed by atoms with E-state index in [1.165, 1.54) is 10.5 Å². The molecule has 1 saturated heterocycles. The lowest BCUT2D eigenvalue weighted by atomic mass is 10.2. The minimum absolute atomic E-state index is 0.0592. The number of hydrogen-bond acceptors (Lipinski definition) is 2. The summed E-state index contributed by atoms with van der Waals surface area (Å²) in [5.41, 5.74) is 1.99. The molecule has 2 N–H and O–H groups in total. The first-order chi connectivity index (χ1) is 11.7. The Labute approximate surface area is 150 Å². The lowest BCUT2D eigenvalue weighted by molar-refractivity contribution is -0.925. The molecule has 4 nitrogen and oxygen atoms in total. The molecule has 3 rings (SSSR count). The van der Waals surface area contributed by atoms with E-state index in [0.717, 1.165) is 30.7 Å². The number of amides is 1. The lowest BCUT2D eigenvalue weighted by Gasteiger charge is -2.30. The molecule has 0 aromatic heterocycles. The van der Waals surface area contributed by atoms with E-state index in [1.807, 2.05) is 30.3 Å². The Morgan fingerprint density at radius 2 is 1.92 bits per heavy atom. The Balaban J connectivity index is 1.50. The Morgan fingerprint density at radius 1 is 1.17 bits per heavy atom. The van der Waals surface area contributed by atoms with Crippen LogP contribution in [0.3, 0.4) is 0 Å². The van der Waals surface area contributed by atoms with Crippen molar-refractivity contribution in [2.24, 2.45) is 0 Å². The molecule has 24 heavy (non-hydrogen) atoms. The topological polar surface area (TPSA) is 42.8 Å². The molecule has 1 amide bonds. The van der Waals surface area contributed by atoms with Gasteiger partial charge in [-0.25, -0.2) is 0 Å². The van der Waals surface area contributed by atoms with Crippen LogP contribution in [0.25, 0.3) is 0 Å². The van der Waals surface area contributed by atoms with Gasteiger partial charge in [-0.3, -0.25) is 4.79 Å². The smallest absolute Gasteiger partial charge is 0.252 e. The maximum atomic E-state index is 12.3. The first-order valence-corrected chi connectivity index (χ1v) is 9.03. The quantitative estimate of drug-likeness (QED) is 0.816. The summed E-state index contributed by atoms with van der Waals surface area (Å²) >= 11 is 3.41. The summed E-state index contributed by atoms with van der Waals surface area (Å²) in [4.78, 5) is 13.8. The first kappa shape index (κ1) is 17.1. The molecule has 0 aliphatic carbocycles. The van der Waals surface area contributed by atoms with Gasteiger partial charge in [0.15, 0.2) is 0 Å². The van der Waals surface area contributed by atoms with Gasteiger partial charge in [-0.05, 0) is 28.1 Å². The van der Waals surface area contributed by atoms with E-state index in [-0.39, 0.29) is 12.0 Å². The standard InChI is InChI=1S/C19H21BrN2O2/c20-18-9-5-4-8-17(18)19(23)21-12-16-14-22(10-11-24-16)13-15-6-2-1-3-7-15/h1-9,16H,10-14H2,(H,21,23)/p+1/t16-/m0/s1. The zero-order valence-corrected chi connectivity index (χ0v) is 15.1. The predicted octanol–water partition coefficient (Wildman–Crippen LogP) is 1.66. The van der Waals surface area contributed by atoms with Gasteiger partial charge in [-0.1, -0.05) is 42.5 Å². The van der Waals surface area contributed by atoms with Crippen LogP contribution in [0.15, 0.2) is 59.1 Å². The minimum atomic E-state index is -0.0683. The van der Waals surface area contributed by atoms with E-state index >= 15 is 0 Å². The second-order valence-electron chi connectivity index (χ2n) is 6.05. The van der Waals surface area contributed by atoms with E-state index < -0.39 is 0 Å². The van der Waals surface area contributed by atoms with E-state index in [1.54, 1.807) is 0 Å². The lowest BCUT2D eigenvalue weighted by Crippen LogP contribution is -3.13. The van der Waals surface area contributed by atoms with Crippen LogP contribution in [-0.4, -0.2) is 38.3 Å². The second-order valence-corrected chi connectivity index (χ2v) is 6.90. The number of benzene rings is 2. The highest BCUT2D eigenvalue weighted by Crippen LogP contribution is 2.15. The molecule has 126 valence electrons. The van der Waals surface area contributed by atoms with Gasteiger partial charge in [0.1, 0.15) is 25.7 Å².